The predicted molar refractivity (Wildman–Crippen MR) is 80.6 cm³/mol. The molecule has 0 spiro atoms. The molecule has 3 aromatic rings. The van der Waals surface area contributed by atoms with Crippen LogP contribution < -0.4 is 0 Å². The molecule has 20 heavy (non-hydrogen) atoms. The van der Waals surface area contributed by atoms with Crippen molar-refractivity contribution in [1.29, 1.82) is 0 Å². The number of benzene rings is 2. The van der Waals surface area contributed by atoms with Gasteiger partial charge in [-0.1, -0.05) is 28.1 Å². The van der Waals surface area contributed by atoms with E-state index in [1.807, 2.05) is 29.6 Å². The Morgan fingerprint density at radius 1 is 0.900 bits per heavy atom. The number of hydrogen-bond donors (Lipinski definition) is 0. The molecule has 3 rings (SSSR count). The average molecular weight is 352 g/mol. The fourth-order valence-electron chi connectivity index (χ4n) is 1.79. The molecule has 0 atom stereocenters. The lowest BCUT2D eigenvalue weighted by atomic mass is 10.2. The molecule has 0 aliphatic rings. The van der Waals surface area contributed by atoms with E-state index in [2.05, 4.69) is 20.9 Å². The van der Waals surface area contributed by atoms with E-state index in [-0.39, 0.29) is 0 Å². The zero-order valence-electron chi connectivity index (χ0n) is 10.1. The minimum Gasteiger partial charge on any atom is -0.236 e. The molecule has 1 heterocycles. The van der Waals surface area contributed by atoms with E-state index in [1.165, 1.54) is 23.5 Å². The van der Waals surface area contributed by atoms with E-state index in [1.54, 1.807) is 0 Å². The molecule has 0 aliphatic heterocycles. The molecule has 0 bridgehead atoms. The van der Waals surface area contributed by atoms with Crippen molar-refractivity contribution in [2.24, 2.45) is 0 Å². The largest absolute Gasteiger partial charge is 0.236 e. The first kappa shape index (κ1) is 13.4. The Bertz CT molecular complexity index is 753. The van der Waals surface area contributed by atoms with E-state index < -0.39 is 11.6 Å². The zero-order valence-corrected chi connectivity index (χ0v) is 12.5. The molecule has 1 nitrogen and oxygen atoms in total. The molecule has 2 aromatic carbocycles. The summed E-state index contributed by atoms with van der Waals surface area (Å²) >= 11 is 4.78. The highest BCUT2D eigenvalue weighted by Crippen LogP contribution is 2.30. The van der Waals surface area contributed by atoms with Gasteiger partial charge in [0, 0.05) is 21.0 Å². The summed E-state index contributed by atoms with van der Waals surface area (Å²) in [4.78, 5) is 4.47. The molecule has 0 saturated heterocycles. The SMILES string of the molecule is Fc1ccc(-c2nc(-c3ccc(Br)cc3)cs2)cc1F. The second-order valence-corrected chi connectivity index (χ2v) is 5.95. The maximum Gasteiger partial charge on any atom is 0.159 e. The number of aromatic nitrogens is 1. The van der Waals surface area contributed by atoms with Gasteiger partial charge in [-0.25, -0.2) is 13.8 Å². The third-order valence-corrected chi connectivity index (χ3v) is 4.23. The standard InChI is InChI=1S/C15H8BrF2NS/c16-11-4-1-9(2-5-11)14-8-20-15(19-14)10-3-6-12(17)13(18)7-10/h1-8H. The van der Waals surface area contributed by atoms with Crippen LogP contribution in [0.25, 0.3) is 21.8 Å². The summed E-state index contributed by atoms with van der Waals surface area (Å²) in [6, 6.07) is 11.6. The molecule has 0 N–H and O–H groups in total. The van der Waals surface area contributed by atoms with Crippen LogP contribution in [0.5, 0.6) is 0 Å². The van der Waals surface area contributed by atoms with Gasteiger partial charge in [-0.3, -0.25) is 0 Å². The maximum atomic E-state index is 13.2. The number of rotatable bonds is 2. The van der Waals surface area contributed by atoms with Crippen molar-refractivity contribution in [3.8, 4) is 21.8 Å². The Morgan fingerprint density at radius 3 is 2.30 bits per heavy atom. The second-order valence-electron chi connectivity index (χ2n) is 4.17. The Labute approximate surface area is 127 Å². The minimum atomic E-state index is -0.858. The number of thiazole rings is 1. The molecule has 1 aromatic heterocycles. The van der Waals surface area contributed by atoms with Crippen molar-refractivity contribution in [1.82, 2.24) is 4.98 Å². The molecule has 0 aliphatic carbocycles. The van der Waals surface area contributed by atoms with Crippen LogP contribution in [0, 0.1) is 11.6 Å². The lowest BCUT2D eigenvalue weighted by molar-refractivity contribution is 0.509. The van der Waals surface area contributed by atoms with Crippen molar-refractivity contribution in [3.63, 3.8) is 0 Å². The van der Waals surface area contributed by atoms with E-state index in [0.29, 0.717) is 10.6 Å². The van der Waals surface area contributed by atoms with Crippen LogP contribution in [-0.4, -0.2) is 4.98 Å². The van der Waals surface area contributed by atoms with Gasteiger partial charge in [0.25, 0.3) is 0 Å². The van der Waals surface area contributed by atoms with Crippen LogP contribution in [0.15, 0.2) is 52.3 Å². The van der Waals surface area contributed by atoms with Crippen LogP contribution in [-0.2, 0) is 0 Å². The molecule has 0 unspecified atom stereocenters. The van der Waals surface area contributed by atoms with Gasteiger partial charge in [0.05, 0.1) is 5.69 Å². The summed E-state index contributed by atoms with van der Waals surface area (Å²) in [5.74, 6) is -1.71. The van der Waals surface area contributed by atoms with E-state index in [0.717, 1.165) is 21.8 Å². The molecular weight excluding hydrogens is 344 g/mol. The Balaban J connectivity index is 1.97. The highest BCUT2D eigenvalue weighted by molar-refractivity contribution is 9.10. The van der Waals surface area contributed by atoms with Gasteiger partial charge in [0.15, 0.2) is 11.6 Å². The van der Waals surface area contributed by atoms with Gasteiger partial charge in [-0.2, -0.15) is 0 Å². The van der Waals surface area contributed by atoms with Crippen molar-refractivity contribution < 1.29 is 8.78 Å². The van der Waals surface area contributed by atoms with Crippen molar-refractivity contribution in [3.05, 3.63) is 64.0 Å². The first-order valence-corrected chi connectivity index (χ1v) is 7.47. The Kier molecular flexibility index (Phi) is 3.63. The quantitative estimate of drug-likeness (QED) is 0.592. The Morgan fingerprint density at radius 2 is 1.60 bits per heavy atom. The maximum absolute atomic E-state index is 13.2. The molecular formula is C15H8BrF2NS. The van der Waals surface area contributed by atoms with E-state index in [4.69, 9.17) is 0 Å². The average Bonchev–Trinajstić information content (AvgIpc) is 2.92. The topological polar surface area (TPSA) is 12.9 Å². The lowest BCUT2D eigenvalue weighted by Gasteiger charge is -1.98. The van der Waals surface area contributed by atoms with Crippen molar-refractivity contribution in [2.75, 3.05) is 0 Å². The van der Waals surface area contributed by atoms with Crippen molar-refractivity contribution in [2.45, 2.75) is 0 Å². The fraction of sp³-hybridized carbons (Fsp3) is 0. The zero-order chi connectivity index (χ0) is 14.1. The molecule has 5 heteroatoms. The van der Waals surface area contributed by atoms with Gasteiger partial charge in [-0.15, -0.1) is 11.3 Å². The summed E-state index contributed by atoms with van der Waals surface area (Å²) in [5, 5.41) is 2.57. The highest BCUT2D eigenvalue weighted by atomic mass is 79.9. The summed E-state index contributed by atoms with van der Waals surface area (Å²) in [6.07, 6.45) is 0. The van der Waals surface area contributed by atoms with Crippen molar-refractivity contribution >= 4 is 27.3 Å². The van der Waals surface area contributed by atoms with E-state index >= 15 is 0 Å². The summed E-state index contributed by atoms with van der Waals surface area (Å²) in [5.41, 5.74) is 2.39. The van der Waals surface area contributed by atoms with Gasteiger partial charge >= 0.3 is 0 Å². The highest BCUT2D eigenvalue weighted by Gasteiger charge is 2.09. The molecule has 0 radical (unpaired) electrons. The molecule has 0 fully saturated rings. The molecule has 0 amide bonds. The lowest BCUT2D eigenvalue weighted by Crippen LogP contribution is -1.85. The third kappa shape index (κ3) is 2.64. The minimum absolute atomic E-state index is 0.581. The second kappa shape index (κ2) is 5.42. The van der Waals surface area contributed by atoms with Crippen LogP contribution in [0.1, 0.15) is 0 Å². The first-order chi connectivity index (χ1) is 9.63. The van der Waals surface area contributed by atoms with Gasteiger partial charge in [-0.05, 0) is 30.3 Å². The smallest absolute Gasteiger partial charge is 0.159 e. The summed E-state index contributed by atoms with van der Waals surface area (Å²) in [6.45, 7) is 0. The van der Waals surface area contributed by atoms with Gasteiger partial charge in [0.1, 0.15) is 5.01 Å². The normalized spacial score (nSPS) is 10.8. The molecule has 100 valence electrons. The third-order valence-electron chi connectivity index (χ3n) is 2.81. The fourth-order valence-corrected chi connectivity index (χ4v) is 2.88. The van der Waals surface area contributed by atoms with Crippen LogP contribution in [0.2, 0.25) is 0 Å². The predicted octanol–water partition coefficient (Wildman–Crippen LogP) is 5.52. The van der Waals surface area contributed by atoms with Crippen LogP contribution >= 0.6 is 27.3 Å². The monoisotopic (exact) mass is 351 g/mol. The molecule has 0 saturated carbocycles. The Hall–Kier alpha value is -1.59. The number of nitrogens with zero attached hydrogens (tertiary/aromatic N) is 1. The van der Waals surface area contributed by atoms with Gasteiger partial charge < -0.3 is 0 Å². The van der Waals surface area contributed by atoms with Gasteiger partial charge in [0.2, 0.25) is 0 Å². The van der Waals surface area contributed by atoms with Crippen LogP contribution in [0.3, 0.4) is 0 Å². The first-order valence-electron chi connectivity index (χ1n) is 5.80. The summed E-state index contributed by atoms with van der Waals surface area (Å²) in [7, 11) is 0. The van der Waals surface area contributed by atoms with E-state index in [9.17, 15) is 8.78 Å². The number of halogens is 3. The summed E-state index contributed by atoms with van der Waals surface area (Å²) < 4.78 is 27.2. The van der Waals surface area contributed by atoms with Crippen LogP contribution in [0.4, 0.5) is 8.78 Å². The number of hydrogen-bond acceptors (Lipinski definition) is 2.